The molecule has 1 nitrogen and oxygen atoms in total. The lowest BCUT2D eigenvalue weighted by Crippen LogP contribution is -2.26. The van der Waals surface area contributed by atoms with Crippen molar-refractivity contribution < 1.29 is 4.74 Å². The second-order valence-corrected chi connectivity index (χ2v) is 4.80. The molecular formula is C11H22O. The summed E-state index contributed by atoms with van der Waals surface area (Å²) in [6, 6.07) is 0. The molecule has 0 aromatic carbocycles. The fourth-order valence-corrected chi connectivity index (χ4v) is 2.25. The molecule has 1 rings (SSSR count). The van der Waals surface area contributed by atoms with E-state index in [1.807, 2.05) is 0 Å². The van der Waals surface area contributed by atoms with Crippen LogP contribution in [0.2, 0.25) is 0 Å². The Bertz CT molecular complexity index is 124. The monoisotopic (exact) mass is 170 g/mol. The second kappa shape index (κ2) is 3.78. The standard InChI is InChI=1S/C11H22O/c1-7(2)10-6-9(5)12-11(10)8(3)4/h7-11H,6H2,1-5H3. The number of ether oxygens (including phenoxy) is 1. The van der Waals surface area contributed by atoms with Gasteiger partial charge in [-0.15, -0.1) is 0 Å². The van der Waals surface area contributed by atoms with Crippen LogP contribution in [0.5, 0.6) is 0 Å². The van der Waals surface area contributed by atoms with Crippen LogP contribution in [0.4, 0.5) is 0 Å². The Morgan fingerprint density at radius 3 is 2.00 bits per heavy atom. The van der Waals surface area contributed by atoms with Crippen LogP contribution in [0.3, 0.4) is 0 Å². The van der Waals surface area contributed by atoms with Crippen molar-refractivity contribution >= 4 is 0 Å². The predicted octanol–water partition coefficient (Wildman–Crippen LogP) is 3.09. The van der Waals surface area contributed by atoms with E-state index in [-0.39, 0.29) is 0 Å². The SMILES string of the molecule is CC1CC(C(C)C)C(C(C)C)O1. The zero-order chi connectivity index (χ0) is 9.30. The van der Waals surface area contributed by atoms with Gasteiger partial charge >= 0.3 is 0 Å². The highest BCUT2D eigenvalue weighted by Gasteiger charge is 2.36. The Kier molecular flexibility index (Phi) is 3.16. The van der Waals surface area contributed by atoms with Crippen molar-refractivity contribution in [1.29, 1.82) is 0 Å². The van der Waals surface area contributed by atoms with Crippen LogP contribution in [-0.4, -0.2) is 12.2 Å². The minimum atomic E-state index is 0.477. The van der Waals surface area contributed by atoms with Gasteiger partial charge in [-0.25, -0.2) is 0 Å². The van der Waals surface area contributed by atoms with E-state index < -0.39 is 0 Å². The van der Waals surface area contributed by atoms with Crippen LogP contribution in [0, 0.1) is 17.8 Å². The van der Waals surface area contributed by atoms with Crippen LogP contribution in [0.25, 0.3) is 0 Å². The first-order valence-electron chi connectivity index (χ1n) is 5.17. The smallest absolute Gasteiger partial charge is 0.0633 e. The molecule has 0 aliphatic carbocycles. The van der Waals surface area contributed by atoms with Crippen molar-refractivity contribution in [1.82, 2.24) is 0 Å². The molecule has 1 heterocycles. The summed E-state index contributed by atoms with van der Waals surface area (Å²) in [4.78, 5) is 0. The van der Waals surface area contributed by atoms with Crippen molar-refractivity contribution in [3.63, 3.8) is 0 Å². The van der Waals surface area contributed by atoms with E-state index in [0.717, 1.165) is 11.8 Å². The van der Waals surface area contributed by atoms with E-state index in [1.165, 1.54) is 6.42 Å². The molecule has 1 aliphatic heterocycles. The van der Waals surface area contributed by atoms with E-state index in [2.05, 4.69) is 34.6 Å². The van der Waals surface area contributed by atoms with Crippen LogP contribution in [0.1, 0.15) is 41.0 Å². The van der Waals surface area contributed by atoms with Gasteiger partial charge in [-0.05, 0) is 31.1 Å². The van der Waals surface area contributed by atoms with Crippen LogP contribution in [-0.2, 0) is 4.74 Å². The molecule has 0 N–H and O–H groups in total. The zero-order valence-electron chi connectivity index (χ0n) is 9.00. The van der Waals surface area contributed by atoms with Gasteiger partial charge in [0.05, 0.1) is 12.2 Å². The van der Waals surface area contributed by atoms with Gasteiger partial charge in [0.25, 0.3) is 0 Å². The van der Waals surface area contributed by atoms with Gasteiger partial charge in [0, 0.05) is 0 Å². The predicted molar refractivity (Wildman–Crippen MR) is 52.1 cm³/mol. The molecule has 0 aromatic rings. The summed E-state index contributed by atoms with van der Waals surface area (Å²) in [6.07, 6.45) is 2.23. The first-order valence-corrected chi connectivity index (χ1v) is 5.17. The first kappa shape index (κ1) is 10.0. The fraction of sp³-hybridized carbons (Fsp3) is 1.00. The molecule has 72 valence electrons. The van der Waals surface area contributed by atoms with Gasteiger partial charge in [0.15, 0.2) is 0 Å². The topological polar surface area (TPSA) is 9.23 Å². The average Bonchev–Trinajstić information content (AvgIpc) is 2.31. The largest absolute Gasteiger partial charge is 0.375 e. The molecule has 12 heavy (non-hydrogen) atoms. The molecule has 1 heteroatoms. The Morgan fingerprint density at radius 2 is 1.67 bits per heavy atom. The quantitative estimate of drug-likeness (QED) is 0.619. The summed E-state index contributed by atoms with van der Waals surface area (Å²) >= 11 is 0. The summed E-state index contributed by atoms with van der Waals surface area (Å²) < 4.78 is 5.90. The molecule has 0 bridgehead atoms. The Balaban J connectivity index is 2.59. The van der Waals surface area contributed by atoms with Crippen LogP contribution < -0.4 is 0 Å². The van der Waals surface area contributed by atoms with E-state index in [0.29, 0.717) is 18.1 Å². The van der Waals surface area contributed by atoms with Crippen molar-refractivity contribution in [3.05, 3.63) is 0 Å². The van der Waals surface area contributed by atoms with Crippen molar-refractivity contribution in [3.8, 4) is 0 Å². The summed E-state index contributed by atoms with van der Waals surface area (Å²) in [5.41, 5.74) is 0. The van der Waals surface area contributed by atoms with Gasteiger partial charge < -0.3 is 4.74 Å². The molecule has 1 saturated heterocycles. The van der Waals surface area contributed by atoms with Crippen LogP contribution in [0.15, 0.2) is 0 Å². The molecule has 1 aliphatic rings. The summed E-state index contributed by atoms with van der Waals surface area (Å²) in [5, 5.41) is 0. The summed E-state index contributed by atoms with van der Waals surface area (Å²) in [6.45, 7) is 11.3. The van der Waals surface area contributed by atoms with E-state index in [1.54, 1.807) is 0 Å². The van der Waals surface area contributed by atoms with E-state index in [4.69, 9.17) is 4.74 Å². The lowest BCUT2D eigenvalue weighted by Gasteiger charge is -2.24. The minimum Gasteiger partial charge on any atom is -0.375 e. The average molecular weight is 170 g/mol. The lowest BCUT2D eigenvalue weighted by atomic mass is 9.84. The third-order valence-electron chi connectivity index (χ3n) is 2.93. The molecule has 1 fully saturated rings. The fourth-order valence-electron chi connectivity index (χ4n) is 2.25. The zero-order valence-corrected chi connectivity index (χ0v) is 9.00. The Morgan fingerprint density at radius 1 is 1.08 bits per heavy atom. The highest BCUT2D eigenvalue weighted by atomic mass is 16.5. The Labute approximate surface area is 76.5 Å². The van der Waals surface area contributed by atoms with Crippen LogP contribution >= 0.6 is 0 Å². The first-order chi connectivity index (χ1) is 5.52. The maximum atomic E-state index is 5.90. The molecule has 0 amide bonds. The normalized spacial score (nSPS) is 36.8. The maximum absolute atomic E-state index is 5.90. The van der Waals surface area contributed by atoms with E-state index >= 15 is 0 Å². The number of hydrogen-bond donors (Lipinski definition) is 0. The highest BCUT2D eigenvalue weighted by Crippen LogP contribution is 2.35. The van der Waals surface area contributed by atoms with Gasteiger partial charge in [-0.1, -0.05) is 27.7 Å². The van der Waals surface area contributed by atoms with Gasteiger partial charge in [-0.2, -0.15) is 0 Å². The summed E-state index contributed by atoms with van der Waals surface area (Å²) in [7, 11) is 0. The molecule has 0 spiro atoms. The maximum Gasteiger partial charge on any atom is 0.0633 e. The summed E-state index contributed by atoms with van der Waals surface area (Å²) in [5.74, 6) is 2.21. The van der Waals surface area contributed by atoms with Crippen molar-refractivity contribution in [2.24, 2.45) is 17.8 Å². The van der Waals surface area contributed by atoms with Gasteiger partial charge in [0.2, 0.25) is 0 Å². The molecular weight excluding hydrogens is 148 g/mol. The van der Waals surface area contributed by atoms with Crippen molar-refractivity contribution in [2.75, 3.05) is 0 Å². The second-order valence-electron chi connectivity index (χ2n) is 4.80. The van der Waals surface area contributed by atoms with Crippen molar-refractivity contribution in [2.45, 2.75) is 53.2 Å². The highest BCUT2D eigenvalue weighted by molar-refractivity contribution is 4.84. The molecule has 3 atom stereocenters. The number of hydrogen-bond acceptors (Lipinski definition) is 1. The van der Waals surface area contributed by atoms with E-state index in [9.17, 15) is 0 Å². The molecule has 3 unspecified atom stereocenters. The molecule has 0 saturated carbocycles. The lowest BCUT2D eigenvalue weighted by molar-refractivity contribution is 0.00830. The van der Waals surface area contributed by atoms with Gasteiger partial charge in [-0.3, -0.25) is 0 Å². The molecule has 0 radical (unpaired) electrons. The van der Waals surface area contributed by atoms with Gasteiger partial charge in [0.1, 0.15) is 0 Å². The third kappa shape index (κ3) is 2.01. The third-order valence-corrected chi connectivity index (χ3v) is 2.93. The Hall–Kier alpha value is -0.0400. The molecule has 0 aromatic heterocycles. The number of rotatable bonds is 2. The minimum absolute atomic E-state index is 0.477.